The van der Waals surface area contributed by atoms with E-state index in [-0.39, 0.29) is 11.8 Å². The van der Waals surface area contributed by atoms with Crippen LogP contribution in [0.3, 0.4) is 0 Å². The van der Waals surface area contributed by atoms with E-state index < -0.39 is 0 Å². The zero-order chi connectivity index (χ0) is 28.3. The standard InChI is InChI=1S/C33H34N4O4/c1-3-5-17-36(4-2)32(38)24-13-9-22(10-14-24)30-34-26-20-27-29(21-28(26)40-30)41-31(35-27)23-11-15-25(16-12-23)33(39)37-18-7-6-8-19-37/h9-16,20-21H,3-8,17-19H2,1-2H3. The van der Waals surface area contributed by atoms with E-state index in [4.69, 9.17) is 8.83 Å². The second-order valence-electron chi connectivity index (χ2n) is 10.6. The molecule has 1 aliphatic rings. The van der Waals surface area contributed by atoms with Gasteiger partial charge >= 0.3 is 0 Å². The number of unbranched alkanes of at least 4 members (excludes halogenated alkanes) is 1. The molecule has 8 heteroatoms. The number of rotatable bonds is 8. The van der Waals surface area contributed by atoms with Crippen LogP contribution < -0.4 is 0 Å². The minimum atomic E-state index is 0.0375. The first kappa shape index (κ1) is 26.7. The normalized spacial score (nSPS) is 13.7. The molecule has 0 aliphatic carbocycles. The first-order valence-electron chi connectivity index (χ1n) is 14.5. The van der Waals surface area contributed by atoms with Gasteiger partial charge in [0.15, 0.2) is 11.2 Å². The maximum absolute atomic E-state index is 12.9. The van der Waals surface area contributed by atoms with Crippen LogP contribution in [0, 0.1) is 0 Å². The molecule has 3 heterocycles. The molecule has 6 rings (SSSR count). The first-order chi connectivity index (χ1) is 20.0. The van der Waals surface area contributed by atoms with Crippen LogP contribution in [0.5, 0.6) is 0 Å². The molecule has 2 amide bonds. The monoisotopic (exact) mass is 550 g/mol. The van der Waals surface area contributed by atoms with Crippen LogP contribution in [0.2, 0.25) is 0 Å². The largest absolute Gasteiger partial charge is 0.436 e. The molecular formula is C33H34N4O4. The Labute approximate surface area is 239 Å². The van der Waals surface area contributed by atoms with E-state index in [1.54, 1.807) is 6.07 Å². The Bertz CT molecular complexity index is 1630. The van der Waals surface area contributed by atoms with Crippen LogP contribution in [-0.2, 0) is 0 Å². The Morgan fingerprint density at radius 3 is 1.88 bits per heavy atom. The van der Waals surface area contributed by atoms with Crippen LogP contribution in [-0.4, -0.2) is 57.8 Å². The van der Waals surface area contributed by atoms with Gasteiger partial charge in [-0.1, -0.05) is 13.3 Å². The summed E-state index contributed by atoms with van der Waals surface area (Å²) >= 11 is 0. The van der Waals surface area contributed by atoms with Gasteiger partial charge in [-0.05, 0) is 87.2 Å². The second-order valence-corrected chi connectivity index (χ2v) is 10.6. The number of nitrogens with zero attached hydrogens (tertiary/aromatic N) is 4. The van der Waals surface area contributed by atoms with Crippen molar-refractivity contribution in [3.05, 3.63) is 71.8 Å². The summed E-state index contributed by atoms with van der Waals surface area (Å²) in [5, 5.41) is 0. The lowest BCUT2D eigenvalue weighted by Gasteiger charge is -2.26. The van der Waals surface area contributed by atoms with Crippen molar-refractivity contribution in [3.63, 3.8) is 0 Å². The molecule has 210 valence electrons. The van der Waals surface area contributed by atoms with Gasteiger partial charge in [0, 0.05) is 54.5 Å². The number of carbonyl (C=O) groups is 2. The zero-order valence-electron chi connectivity index (χ0n) is 23.6. The maximum atomic E-state index is 12.9. The summed E-state index contributed by atoms with van der Waals surface area (Å²) in [6.07, 6.45) is 5.36. The lowest BCUT2D eigenvalue weighted by atomic mass is 10.1. The van der Waals surface area contributed by atoms with E-state index in [9.17, 15) is 9.59 Å². The number of oxazole rings is 2. The molecule has 0 N–H and O–H groups in total. The second kappa shape index (κ2) is 11.6. The smallest absolute Gasteiger partial charge is 0.253 e. The molecule has 1 fully saturated rings. The molecule has 0 saturated carbocycles. The number of amides is 2. The average Bonchev–Trinajstić information content (AvgIpc) is 3.63. The lowest BCUT2D eigenvalue weighted by Crippen LogP contribution is -2.35. The molecule has 41 heavy (non-hydrogen) atoms. The zero-order valence-corrected chi connectivity index (χ0v) is 23.6. The summed E-state index contributed by atoms with van der Waals surface area (Å²) in [6, 6.07) is 18.5. The number of benzene rings is 3. The van der Waals surface area contributed by atoms with Crippen molar-refractivity contribution in [2.24, 2.45) is 0 Å². The Kier molecular flexibility index (Phi) is 7.55. The predicted molar refractivity (Wildman–Crippen MR) is 159 cm³/mol. The van der Waals surface area contributed by atoms with Gasteiger partial charge in [-0.2, -0.15) is 0 Å². The minimum absolute atomic E-state index is 0.0375. The number of aromatic nitrogens is 2. The van der Waals surface area contributed by atoms with Crippen molar-refractivity contribution >= 4 is 34.0 Å². The van der Waals surface area contributed by atoms with Crippen molar-refractivity contribution < 1.29 is 18.4 Å². The third kappa shape index (κ3) is 5.46. The third-order valence-corrected chi connectivity index (χ3v) is 7.75. The van der Waals surface area contributed by atoms with Gasteiger partial charge in [-0.15, -0.1) is 0 Å². The average molecular weight is 551 g/mol. The number of carbonyl (C=O) groups excluding carboxylic acids is 2. The highest BCUT2D eigenvalue weighted by Gasteiger charge is 2.19. The summed E-state index contributed by atoms with van der Waals surface area (Å²) in [6.45, 7) is 7.23. The molecular weight excluding hydrogens is 516 g/mol. The Morgan fingerprint density at radius 2 is 1.34 bits per heavy atom. The fraction of sp³-hybridized carbons (Fsp3) is 0.333. The Hall–Kier alpha value is -4.46. The van der Waals surface area contributed by atoms with Gasteiger partial charge in [0.1, 0.15) is 11.0 Å². The van der Waals surface area contributed by atoms with E-state index >= 15 is 0 Å². The van der Waals surface area contributed by atoms with Gasteiger partial charge in [-0.3, -0.25) is 9.59 Å². The van der Waals surface area contributed by atoms with Gasteiger partial charge in [0.25, 0.3) is 11.8 Å². The maximum Gasteiger partial charge on any atom is 0.253 e. The van der Waals surface area contributed by atoms with Gasteiger partial charge in [-0.25, -0.2) is 9.97 Å². The quantitative estimate of drug-likeness (QED) is 0.203. The van der Waals surface area contributed by atoms with E-state index in [0.29, 0.717) is 51.7 Å². The summed E-state index contributed by atoms with van der Waals surface area (Å²) < 4.78 is 12.1. The summed E-state index contributed by atoms with van der Waals surface area (Å²) in [4.78, 5) is 38.8. The van der Waals surface area contributed by atoms with Crippen LogP contribution in [0.4, 0.5) is 0 Å². The highest BCUT2D eigenvalue weighted by atomic mass is 16.4. The van der Waals surface area contributed by atoms with Crippen molar-refractivity contribution in [2.45, 2.75) is 46.0 Å². The Morgan fingerprint density at radius 1 is 0.780 bits per heavy atom. The summed E-state index contributed by atoms with van der Waals surface area (Å²) in [5.41, 5.74) is 5.45. The van der Waals surface area contributed by atoms with Crippen molar-refractivity contribution in [1.82, 2.24) is 19.8 Å². The van der Waals surface area contributed by atoms with E-state index in [2.05, 4.69) is 16.9 Å². The number of piperidine rings is 1. The number of fused-ring (bicyclic) bond motifs is 2. The number of hydrogen-bond acceptors (Lipinski definition) is 6. The van der Waals surface area contributed by atoms with Crippen molar-refractivity contribution in [2.75, 3.05) is 26.2 Å². The molecule has 0 spiro atoms. The first-order valence-corrected chi connectivity index (χ1v) is 14.5. The van der Waals surface area contributed by atoms with Crippen LogP contribution >= 0.6 is 0 Å². The number of hydrogen-bond donors (Lipinski definition) is 0. The van der Waals surface area contributed by atoms with Crippen molar-refractivity contribution in [1.29, 1.82) is 0 Å². The van der Waals surface area contributed by atoms with Crippen LogP contribution in [0.1, 0.15) is 66.7 Å². The van der Waals surface area contributed by atoms with Gasteiger partial charge < -0.3 is 18.6 Å². The van der Waals surface area contributed by atoms with E-state index in [1.807, 2.05) is 71.3 Å². The molecule has 8 nitrogen and oxygen atoms in total. The number of likely N-dealkylation sites (tertiary alicyclic amines) is 1. The molecule has 0 radical (unpaired) electrons. The summed E-state index contributed by atoms with van der Waals surface area (Å²) in [5.74, 6) is 1.06. The SMILES string of the molecule is CCCCN(CC)C(=O)c1ccc(-c2nc3cc4nc(-c5ccc(C(=O)N6CCCCC6)cc5)oc4cc3o2)cc1. The van der Waals surface area contributed by atoms with E-state index in [0.717, 1.165) is 56.4 Å². The minimum Gasteiger partial charge on any atom is -0.436 e. The van der Waals surface area contributed by atoms with Gasteiger partial charge in [0.2, 0.25) is 11.8 Å². The molecule has 0 atom stereocenters. The fourth-order valence-electron chi connectivity index (χ4n) is 5.32. The highest BCUT2D eigenvalue weighted by molar-refractivity contribution is 5.96. The fourth-order valence-corrected chi connectivity index (χ4v) is 5.32. The third-order valence-electron chi connectivity index (χ3n) is 7.75. The molecule has 2 aromatic heterocycles. The molecule has 1 saturated heterocycles. The molecule has 3 aromatic carbocycles. The highest BCUT2D eigenvalue weighted by Crippen LogP contribution is 2.31. The van der Waals surface area contributed by atoms with Crippen LogP contribution in [0.15, 0.2) is 69.5 Å². The van der Waals surface area contributed by atoms with Gasteiger partial charge in [0.05, 0.1) is 0 Å². The Balaban J connectivity index is 1.20. The topological polar surface area (TPSA) is 92.7 Å². The molecule has 0 unspecified atom stereocenters. The van der Waals surface area contributed by atoms with Crippen LogP contribution in [0.25, 0.3) is 45.1 Å². The lowest BCUT2D eigenvalue weighted by molar-refractivity contribution is 0.0723. The summed E-state index contributed by atoms with van der Waals surface area (Å²) in [7, 11) is 0. The van der Waals surface area contributed by atoms with Crippen molar-refractivity contribution in [3.8, 4) is 22.9 Å². The predicted octanol–water partition coefficient (Wildman–Crippen LogP) is 7.19. The molecule has 0 bridgehead atoms. The molecule has 5 aromatic rings. The van der Waals surface area contributed by atoms with E-state index in [1.165, 1.54) is 6.42 Å². The molecule has 1 aliphatic heterocycles.